The maximum atomic E-state index is 12.3. The van der Waals surface area contributed by atoms with Gasteiger partial charge < -0.3 is 19.6 Å². The summed E-state index contributed by atoms with van der Waals surface area (Å²) in [6.07, 6.45) is 0. The van der Waals surface area contributed by atoms with Gasteiger partial charge in [-0.3, -0.25) is 0 Å². The van der Waals surface area contributed by atoms with E-state index in [0.29, 0.717) is 13.1 Å². The Hall–Kier alpha value is -1.86. The molecule has 2 aromatic heterocycles. The SMILES string of the molecule is Cc1noc(C)c1CN(C)C(=O)NC[C@@H](c1ccsc1)N(C)C. The van der Waals surface area contributed by atoms with Gasteiger partial charge in [-0.05, 0) is 50.3 Å². The van der Waals surface area contributed by atoms with Gasteiger partial charge in [0, 0.05) is 19.2 Å². The molecule has 0 saturated carbocycles. The molecule has 2 aromatic rings. The topological polar surface area (TPSA) is 61.6 Å². The fraction of sp³-hybridized carbons (Fsp3) is 0.500. The Morgan fingerprint density at radius 2 is 2.13 bits per heavy atom. The van der Waals surface area contributed by atoms with Crippen molar-refractivity contribution in [3.8, 4) is 0 Å². The molecule has 2 rings (SSSR count). The monoisotopic (exact) mass is 336 g/mol. The third-order valence-electron chi connectivity index (χ3n) is 3.92. The average molecular weight is 336 g/mol. The molecule has 7 heteroatoms. The van der Waals surface area contributed by atoms with Crippen LogP contribution in [0.4, 0.5) is 4.79 Å². The first kappa shape index (κ1) is 17.5. The molecule has 0 aromatic carbocycles. The molecule has 0 aliphatic rings. The Morgan fingerprint density at radius 3 is 2.65 bits per heavy atom. The van der Waals surface area contributed by atoms with Gasteiger partial charge in [-0.2, -0.15) is 11.3 Å². The molecule has 0 bridgehead atoms. The Bertz CT molecular complexity index is 617. The van der Waals surface area contributed by atoms with E-state index in [-0.39, 0.29) is 12.1 Å². The maximum Gasteiger partial charge on any atom is 0.317 e. The van der Waals surface area contributed by atoms with Crippen LogP contribution >= 0.6 is 11.3 Å². The third kappa shape index (κ3) is 4.33. The van der Waals surface area contributed by atoms with E-state index in [4.69, 9.17) is 4.52 Å². The molecule has 0 aliphatic heterocycles. The molecule has 23 heavy (non-hydrogen) atoms. The van der Waals surface area contributed by atoms with Crippen LogP contribution in [0.25, 0.3) is 0 Å². The van der Waals surface area contributed by atoms with Crippen LogP contribution < -0.4 is 5.32 Å². The van der Waals surface area contributed by atoms with E-state index in [1.807, 2.05) is 27.9 Å². The van der Waals surface area contributed by atoms with Gasteiger partial charge in [-0.25, -0.2) is 4.79 Å². The number of amides is 2. The number of aromatic nitrogens is 1. The molecule has 2 amide bonds. The Morgan fingerprint density at radius 1 is 1.39 bits per heavy atom. The van der Waals surface area contributed by atoms with E-state index >= 15 is 0 Å². The van der Waals surface area contributed by atoms with Crippen LogP contribution in [0.3, 0.4) is 0 Å². The van der Waals surface area contributed by atoms with E-state index < -0.39 is 0 Å². The normalized spacial score (nSPS) is 12.4. The molecule has 0 unspecified atom stereocenters. The fourth-order valence-electron chi connectivity index (χ4n) is 2.42. The summed E-state index contributed by atoms with van der Waals surface area (Å²) in [6, 6.07) is 2.15. The van der Waals surface area contributed by atoms with E-state index in [1.54, 1.807) is 23.3 Å². The number of carbonyl (C=O) groups is 1. The number of nitrogens with zero attached hydrogens (tertiary/aromatic N) is 3. The zero-order valence-corrected chi connectivity index (χ0v) is 15.1. The molecule has 0 saturated heterocycles. The lowest BCUT2D eigenvalue weighted by molar-refractivity contribution is 0.200. The lowest BCUT2D eigenvalue weighted by Crippen LogP contribution is -2.41. The van der Waals surface area contributed by atoms with Crippen molar-refractivity contribution in [1.82, 2.24) is 20.3 Å². The van der Waals surface area contributed by atoms with Gasteiger partial charge in [-0.15, -0.1) is 0 Å². The van der Waals surface area contributed by atoms with Crippen LogP contribution in [0.2, 0.25) is 0 Å². The summed E-state index contributed by atoms with van der Waals surface area (Å²) in [7, 11) is 5.81. The fourth-order valence-corrected chi connectivity index (χ4v) is 3.13. The van der Waals surface area contributed by atoms with Crippen molar-refractivity contribution < 1.29 is 9.32 Å². The number of thiophene rings is 1. The van der Waals surface area contributed by atoms with Crippen LogP contribution in [-0.4, -0.2) is 48.7 Å². The molecule has 0 aliphatic carbocycles. The van der Waals surface area contributed by atoms with E-state index in [1.165, 1.54) is 5.56 Å². The van der Waals surface area contributed by atoms with Crippen molar-refractivity contribution in [2.24, 2.45) is 0 Å². The number of likely N-dealkylation sites (N-methyl/N-ethyl adjacent to an activating group) is 1. The molecule has 0 radical (unpaired) electrons. The van der Waals surface area contributed by atoms with Crippen LogP contribution in [0.1, 0.15) is 28.6 Å². The van der Waals surface area contributed by atoms with Gasteiger partial charge in [0.05, 0.1) is 18.3 Å². The molecule has 1 atom stereocenters. The highest BCUT2D eigenvalue weighted by Gasteiger charge is 2.19. The smallest absolute Gasteiger partial charge is 0.317 e. The molecule has 6 nitrogen and oxygen atoms in total. The summed E-state index contributed by atoms with van der Waals surface area (Å²) < 4.78 is 5.14. The molecular weight excluding hydrogens is 312 g/mol. The second-order valence-corrected chi connectivity index (χ2v) is 6.66. The highest BCUT2D eigenvalue weighted by molar-refractivity contribution is 7.07. The van der Waals surface area contributed by atoms with Gasteiger partial charge in [0.25, 0.3) is 0 Å². The van der Waals surface area contributed by atoms with Crippen LogP contribution in [-0.2, 0) is 6.54 Å². The van der Waals surface area contributed by atoms with Gasteiger partial charge in [-0.1, -0.05) is 5.16 Å². The summed E-state index contributed by atoms with van der Waals surface area (Å²) in [4.78, 5) is 16.1. The van der Waals surface area contributed by atoms with E-state index in [9.17, 15) is 4.79 Å². The number of carbonyl (C=O) groups excluding carboxylic acids is 1. The zero-order valence-electron chi connectivity index (χ0n) is 14.3. The third-order valence-corrected chi connectivity index (χ3v) is 4.62. The predicted octanol–water partition coefficient (Wildman–Crippen LogP) is 2.80. The Labute approximate surface area is 141 Å². The second-order valence-electron chi connectivity index (χ2n) is 5.88. The summed E-state index contributed by atoms with van der Waals surface area (Å²) in [5.41, 5.74) is 3.00. The number of aryl methyl sites for hydroxylation is 2. The first-order valence-electron chi connectivity index (χ1n) is 7.49. The molecule has 0 fully saturated rings. The number of hydrogen-bond donors (Lipinski definition) is 1. The van der Waals surface area contributed by atoms with Gasteiger partial charge in [0.1, 0.15) is 5.76 Å². The number of hydrogen-bond acceptors (Lipinski definition) is 5. The quantitative estimate of drug-likeness (QED) is 0.881. The highest BCUT2D eigenvalue weighted by Crippen LogP contribution is 2.20. The Kier molecular flexibility index (Phi) is 5.79. The summed E-state index contributed by atoms with van der Waals surface area (Å²) in [5.74, 6) is 0.756. The van der Waals surface area contributed by atoms with Crippen LogP contribution in [0.5, 0.6) is 0 Å². The molecular formula is C16H24N4O2S. The first-order chi connectivity index (χ1) is 10.9. The predicted molar refractivity (Wildman–Crippen MR) is 91.6 cm³/mol. The van der Waals surface area contributed by atoms with E-state index in [2.05, 4.69) is 32.2 Å². The minimum absolute atomic E-state index is 0.105. The second kappa shape index (κ2) is 7.61. The number of rotatable bonds is 6. The lowest BCUT2D eigenvalue weighted by Gasteiger charge is -2.25. The minimum Gasteiger partial charge on any atom is -0.361 e. The highest BCUT2D eigenvalue weighted by atomic mass is 32.1. The van der Waals surface area contributed by atoms with Crippen LogP contribution in [0, 0.1) is 13.8 Å². The summed E-state index contributed by atoms with van der Waals surface area (Å²) in [5, 5.41) is 11.1. The van der Waals surface area contributed by atoms with Crippen molar-refractivity contribution in [2.75, 3.05) is 27.7 Å². The minimum atomic E-state index is -0.105. The van der Waals surface area contributed by atoms with Crippen molar-refractivity contribution in [2.45, 2.75) is 26.4 Å². The number of urea groups is 1. The molecule has 2 heterocycles. The maximum absolute atomic E-state index is 12.3. The van der Waals surface area contributed by atoms with Crippen molar-refractivity contribution in [3.05, 3.63) is 39.4 Å². The average Bonchev–Trinajstić information content (AvgIpc) is 3.12. The standard InChI is InChI=1S/C16H24N4O2S/c1-11-14(12(2)22-18-11)9-20(5)16(21)17-8-15(19(3)4)13-6-7-23-10-13/h6-7,10,15H,8-9H2,1-5H3,(H,17,21)/t15-/m0/s1. The molecule has 126 valence electrons. The van der Waals surface area contributed by atoms with Gasteiger partial charge in [0.15, 0.2) is 0 Å². The van der Waals surface area contributed by atoms with Gasteiger partial charge in [0.2, 0.25) is 0 Å². The van der Waals surface area contributed by atoms with Crippen LogP contribution in [0.15, 0.2) is 21.3 Å². The van der Waals surface area contributed by atoms with Crippen molar-refractivity contribution in [1.29, 1.82) is 0 Å². The molecule has 1 N–H and O–H groups in total. The van der Waals surface area contributed by atoms with Crippen molar-refractivity contribution in [3.63, 3.8) is 0 Å². The van der Waals surface area contributed by atoms with Crippen molar-refractivity contribution >= 4 is 17.4 Å². The van der Waals surface area contributed by atoms with E-state index in [0.717, 1.165) is 17.0 Å². The van der Waals surface area contributed by atoms with Gasteiger partial charge >= 0.3 is 6.03 Å². The largest absolute Gasteiger partial charge is 0.361 e. The lowest BCUT2D eigenvalue weighted by atomic mass is 10.1. The summed E-state index contributed by atoms with van der Waals surface area (Å²) >= 11 is 1.66. The first-order valence-corrected chi connectivity index (χ1v) is 8.43. The summed E-state index contributed by atoms with van der Waals surface area (Å²) in [6.45, 7) is 4.79. The Balaban J connectivity index is 1.93. The zero-order chi connectivity index (χ0) is 17.0. The number of nitrogens with one attached hydrogen (secondary N) is 1. The molecule has 0 spiro atoms.